The Kier molecular flexibility index (Phi) is 4.34. The van der Waals surface area contributed by atoms with Crippen LogP contribution in [0, 0.1) is 0 Å². The molecule has 6 heteroatoms. The van der Waals surface area contributed by atoms with Gasteiger partial charge in [-0.05, 0) is 33.1 Å². The Labute approximate surface area is 101 Å². The van der Waals surface area contributed by atoms with E-state index >= 15 is 0 Å². The van der Waals surface area contributed by atoms with E-state index in [9.17, 15) is 9.59 Å². The minimum atomic E-state index is -1.30. The molecule has 0 saturated heterocycles. The molecule has 1 aliphatic carbocycles. The predicted octanol–water partition coefficient (Wildman–Crippen LogP) is 0.406. The number of amides is 2. The lowest BCUT2D eigenvalue weighted by molar-refractivity contribution is -0.143. The number of carbonyl (C=O) groups excluding carboxylic acids is 1. The number of aliphatic hydroxyl groups is 1. The Morgan fingerprint density at radius 2 is 2.00 bits per heavy atom. The molecule has 0 aromatic carbocycles. The minimum Gasteiger partial charge on any atom is -0.480 e. The summed E-state index contributed by atoms with van der Waals surface area (Å²) in [4.78, 5) is 24.4. The van der Waals surface area contributed by atoms with Gasteiger partial charge in [0.25, 0.3) is 0 Å². The van der Waals surface area contributed by atoms with Crippen molar-refractivity contribution in [2.45, 2.75) is 44.7 Å². The number of hydrogen-bond donors (Lipinski definition) is 3. The van der Waals surface area contributed by atoms with Crippen LogP contribution in [0.5, 0.6) is 0 Å². The number of aliphatic hydroxyl groups excluding tert-OH is 1. The first kappa shape index (κ1) is 13.8. The van der Waals surface area contributed by atoms with E-state index in [0.29, 0.717) is 0 Å². The molecule has 0 aliphatic heterocycles. The van der Waals surface area contributed by atoms with Gasteiger partial charge >= 0.3 is 12.0 Å². The van der Waals surface area contributed by atoms with Crippen molar-refractivity contribution in [3.63, 3.8) is 0 Å². The molecule has 0 atom stereocenters. The molecule has 1 rings (SSSR count). The van der Waals surface area contributed by atoms with Crippen LogP contribution in [-0.2, 0) is 4.79 Å². The zero-order valence-electron chi connectivity index (χ0n) is 10.3. The molecule has 6 nitrogen and oxygen atoms in total. The molecule has 0 spiro atoms. The second-order valence-electron chi connectivity index (χ2n) is 4.86. The van der Waals surface area contributed by atoms with Crippen molar-refractivity contribution in [3.8, 4) is 0 Å². The molecule has 0 radical (unpaired) electrons. The van der Waals surface area contributed by atoms with Gasteiger partial charge < -0.3 is 20.4 Å². The number of hydrogen-bond acceptors (Lipinski definition) is 3. The average molecular weight is 244 g/mol. The van der Waals surface area contributed by atoms with Gasteiger partial charge in [-0.3, -0.25) is 0 Å². The highest BCUT2D eigenvalue weighted by Gasteiger charge is 2.34. The van der Waals surface area contributed by atoms with E-state index in [4.69, 9.17) is 10.2 Å². The monoisotopic (exact) mass is 244 g/mol. The van der Waals surface area contributed by atoms with Gasteiger partial charge in [0.2, 0.25) is 0 Å². The number of aliphatic carboxylic acids is 1. The third-order valence-electron chi connectivity index (χ3n) is 3.07. The fourth-order valence-corrected chi connectivity index (χ4v) is 1.65. The summed E-state index contributed by atoms with van der Waals surface area (Å²) in [6.07, 6.45) is 2.91. The number of carboxylic acids is 1. The van der Waals surface area contributed by atoms with Gasteiger partial charge in [-0.15, -0.1) is 0 Å². The molecular weight excluding hydrogens is 224 g/mol. The standard InChI is InChI=1S/C11H20N2O4/c1-11(2,9(15)16)12-10(17)13(6-7-14)8-4-3-5-8/h8,14H,3-7H2,1-2H3,(H,12,17)(H,15,16). The van der Waals surface area contributed by atoms with Crippen LogP contribution in [-0.4, -0.2) is 51.8 Å². The highest BCUT2D eigenvalue weighted by atomic mass is 16.4. The summed E-state index contributed by atoms with van der Waals surface area (Å²) in [5, 5.41) is 20.3. The zero-order valence-corrected chi connectivity index (χ0v) is 10.3. The quantitative estimate of drug-likeness (QED) is 0.653. The molecule has 2 amide bonds. The first-order valence-electron chi connectivity index (χ1n) is 5.81. The van der Waals surface area contributed by atoms with E-state index in [-0.39, 0.29) is 19.2 Å². The zero-order chi connectivity index (χ0) is 13.1. The molecule has 0 bridgehead atoms. The number of carbonyl (C=O) groups is 2. The van der Waals surface area contributed by atoms with Gasteiger partial charge in [-0.2, -0.15) is 0 Å². The lowest BCUT2D eigenvalue weighted by Gasteiger charge is -2.38. The Bertz CT molecular complexity index is 300. The fraction of sp³-hybridized carbons (Fsp3) is 0.818. The van der Waals surface area contributed by atoms with Gasteiger partial charge in [0.1, 0.15) is 5.54 Å². The third kappa shape index (κ3) is 3.33. The lowest BCUT2D eigenvalue weighted by atomic mass is 9.91. The largest absolute Gasteiger partial charge is 0.480 e. The molecule has 98 valence electrons. The molecule has 0 aromatic heterocycles. The van der Waals surface area contributed by atoms with Crippen LogP contribution in [0.1, 0.15) is 33.1 Å². The van der Waals surface area contributed by atoms with Crippen molar-refractivity contribution in [2.24, 2.45) is 0 Å². The van der Waals surface area contributed by atoms with E-state index in [1.807, 2.05) is 0 Å². The van der Waals surface area contributed by atoms with Gasteiger partial charge in [0.05, 0.1) is 6.61 Å². The summed E-state index contributed by atoms with van der Waals surface area (Å²) in [7, 11) is 0. The first-order chi connectivity index (χ1) is 7.88. The van der Waals surface area contributed by atoms with E-state index < -0.39 is 17.5 Å². The summed E-state index contributed by atoms with van der Waals surface area (Å²) in [6, 6.07) is -0.289. The molecule has 17 heavy (non-hydrogen) atoms. The summed E-state index contributed by atoms with van der Waals surface area (Å²) in [5.74, 6) is -1.08. The van der Waals surface area contributed by atoms with Crippen LogP contribution in [0.4, 0.5) is 4.79 Å². The third-order valence-corrected chi connectivity index (χ3v) is 3.07. The van der Waals surface area contributed by atoms with Gasteiger partial charge in [0, 0.05) is 12.6 Å². The molecule has 1 aliphatic rings. The minimum absolute atomic E-state index is 0.114. The highest BCUT2D eigenvalue weighted by molar-refractivity contribution is 5.85. The summed E-state index contributed by atoms with van der Waals surface area (Å²) in [5.41, 5.74) is -1.30. The van der Waals surface area contributed by atoms with E-state index in [0.717, 1.165) is 19.3 Å². The Balaban J connectivity index is 2.61. The highest BCUT2D eigenvalue weighted by Crippen LogP contribution is 2.24. The number of urea groups is 1. The molecule has 1 saturated carbocycles. The van der Waals surface area contributed by atoms with Crippen LogP contribution in [0.3, 0.4) is 0 Å². The maximum atomic E-state index is 11.9. The summed E-state index contributed by atoms with van der Waals surface area (Å²) in [6.45, 7) is 3.00. The van der Waals surface area contributed by atoms with Crippen molar-refractivity contribution in [1.29, 1.82) is 0 Å². The van der Waals surface area contributed by atoms with Crippen molar-refractivity contribution < 1.29 is 19.8 Å². The Morgan fingerprint density at radius 3 is 2.35 bits per heavy atom. The van der Waals surface area contributed by atoms with Crippen molar-refractivity contribution in [3.05, 3.63) is 0 Å². The van der Waals surface area contributed by atoms with Gasteiger partial charge in [-0.25, -0.2) is 9.59 Å². The maximum absolute atomic E-state index is 11.9. The van der Waals surface area contributed by atoms with Crippen LogP contribution in [0.25, 0.3) is 0 Å². The SMILES string of the molecule is CC(C)(NC(=O)N(CCO)C1CCC1)C(=O)O. The molecule has 1 fully saturated rings. The maximum Gasteiger partial charge on any atom is 0.328 e. The predicted molar refractivity (Wildman–Crippen MR) is 61.7 cm³/mol. The van der Waals surface area contributed by atoms with Crippen LogP contribution < -0.4 is 5.32 Å². The molecule has 3 N–H and O–H groups in total. The topological polar surface area (TPSA) is 89.9 Å². The fourth-order valence-electron chi connectivity index (χ4n) is 1.65. The summed E-state index contributed by atoms with van der Waals surface area (Å²) < 4.78 is 0. The second-order valence-corrected chi connectivity index (χ2v) is 4.86. The lowest BCUT2D eigenvalue weighted by Crippen LogP contribution is -2.57. The Morgan fingerprint density at radius 1 is 1.41 bits per heavy atom. The van der Waals surface area contributed by atoms with Crippen LogP contribution in [0.2, 0.25) is 0 Å². The van der Waals surface area contributed by atoms with E-state index in [2.05, 4.69) is 5.32 Å². The van der Waals surface area contributed by atoms with Crippen molar-refractivity contribution >= 4 is 12.0 Å². The smallest absolute Gasteiger partial charge is 0.328 e. The van der Waals surface area contributed by atoms with Crippen LogP contribution in [0.15, 0.2) is 0 Å². The van der Waals surface area contributed by atoms with Crippen molar-refractivity contribution in [1.82, 2.24) is 10.2 Å². The molecule has 0 aromatic rings. The number of nitrogens with zero attached hydrogens (tertiary/aromatic N) is 1. The Hall–Kier alpha value is -1.30. The van der Waals surface area contributed by atoms with Crippen molar-refractivity contribution in [2.75, 3.05) is 13.2 Å². The van der Waals surface area contributed by atoms with Crippen LogP contribution >= 0.6 is 0 Å². The average Bonchev–Trinajstić information content (AvgIpc) is 2.13. The second kappa shape index (κ2) is 5.35. The normalized spacial score (nSPS) is 16.2. The molecule has 0 heterocycles. The summed E-state index contributed by atoms with van der Waals surface area (Å²) >= 11 is 0. The van der Waals surface area contributed by atoms with E-state index in [1.165, 1.54) is 18.7 Å². The first-order valence-corrected chi connectivity index (χ1v) is 5.81. The molecular formula is C11H20N2O4. The number of carboxylic acid groups (broad SMARTS) is 1. The van der Waals surface area contributed by atoms with E-state index in [1.54, 1.807) is 0 Å². The van der Waals surface area contributed by atoms with Gasteiger partial charge in [-0.1, -0.05) is 0 Å². The molecule has 0 unspecified atom stereocenters. The number of rotatable bonds is 5. The van der Waals surface area contributed by atoms with Gasteiger partial charge in [0.15, 0.2) is 0 Å². The number of nitrogens with one attached hydrogen (secondary N) is 1.